The minimum atomic E-state index is -0.559. The van der Waals surface area contributed by atoms with Gasteiger partial charge in [-0.2, -0.15) is 4.98 Å². The van der Waals surface area contributed by atoms with Gasteiger partial charge < -0.3 is 5.32 Å². The summed E-state index contributed by atoms with van der Waals surface area (Å²) in [5.41, 5.74) is 2.75. The molecule has 4 N–H and O–H groups in total. The zero-order valence-corrected chi connectivity index (χ0v) is 13.1. The molecule has 0 spiro atoms. The van der Waals surface area contributed by atoms with Crippen molar-refractivity contribution < 1.29 is 4.92 Å². The third-order valence-corrected chi connectivity index (χ3v) is 3.97. The van der Waals surface area contributed by atoms with Crippen molar-refractivity contribution in [2.45, 2.75) is 6.92 Å². The van der Waals surface area contributed by atoms with Crippen LogP contribution in [-0.4, -0.2) is 14.9 Å². The Bertz CT molecular complexity index is 711. The fraction of sp³-hybridized carbons (Fsp3) is 0.0909. The number of hydrogen-bond donors (Lipinski definition) is 3. The third kappa shape index (κ3) is 3.20. The van der Waals surface area contributed by atoms with E-state index >= 15 is 0 Å². The molecule has 8 nitrogen and oxygen atoms in total. The van der Waals surface area contributed by atoms with E-state index in [0.29, 0.717) is 15.2 Å². The lowest BCUT2D eigenvalue weighted by Crippen LogP contribution is -2.13. The van der Waals surface area contributed by atoms with E-state index in [-0.39, 0.29) is 23.1 Å². The molecular weight excluding hydrogens is 364 g/mol. The molecule has 10 heteroatoms. The number of aromatic nitrogens is 2. The number of nitrogens with zero attached hydrogens (tertiary/aromatic N) is 3. The first-order valence-corrected chi connectivity index (χ1v) is 6.81. The molecule has 0 fully saturated rings. The second-order valence-corrected chi connectivity index (χ2v) is 5.16. The first kappa shape index (κ1) is 15.4. The number of nitro groups is 1. The summed E-state index contributed by atoms with van der Waals surface area (Å²) in [6, 6.07) is 5.09. The molecule has 0 aliphatic heterocycles. The number of benzene rings is 1. The molecule has 2 aromatic rings. The summed E-state index contributed by atoms with van der Waals surface area (Å²) in [6.07, 6.45) is 0. The van der Waals surface area contributed by atoms with Gasteiger partial charge in [0.25, 0.3) is 0 Å². The highest BCUT2D eigenvalue weighted by Gasteiger charge is 2.22. The van der Waals surface area contributed by atoms with Gasteiger partial charge in [-0.15, -0.1) is 0 Å². The number of nitrogens with two attached hydrogens (primary N) is 1. The molecule has 0 saturated carbocycles. The van der Waals surface area contributed by atoms with E-state index in [1.165, 1.54) is 6.92 Å². The SMILES string of the molecule is Cc1nc(NN)nc(Nc2cccc(Cl)c2Br)c1[N+](=O)[O-]. The molecular formula is C11H10BrClN6O2. The smallest absolute Gasteiger partial charge is 0.332 e. The Morgan fingerprint density at radius 3 is 2.76 bits per heavy atom. The van der Waals surface area contributed by atoms with Crippen LogP contribution in [0.1, 0.15) is 5.69 Å². The lowest BCUT2D eigenvalue weighted by molar-refractivity contribution is -0.385. The average molecular weight is 374 g/mol. The van der Waals surface area contributed by atoms with Gasteiger partial charge in [0.05, 0.1) is 20.1 Å². The second-order valence-electron chi connectivity index (χ2n) is 3.96. The zero-order chi connectivity index (χ0) is 15.6. The van der Waals surface area contributed by atoms with Gasteiger partial charge in [0.15, 0.2) is 0 Å². The topological polar surface area (TPSA) is 119 Å². The monoisotopic (exact) mass is 372 g/mol. The highest BCUT2D eigenvalue weighted by atomic mass is 79.9. The van der Waals surface area contributed by atoms with Crippen molar-refractivity contribution in [2.24, 2.45) is 5.84 Å². The summed E-state index contributed by atoms with van der Waals surface area (Å²) in [4.78, 5) is 18.5. The van der Waals surface area contributed by atoms with Gasteiger partial charge in [-0.3, -0.25) is 15.5 Å². The lowest BCUT2D eigenvalue weighted by atomic mass is 10.3. The maximum atomic E-state index is 11.2. The normalized spacial score (nSPS) is 10.3. The maximum absolute atomic E-state index is 11.2. The Morgan fingerprint density at radius 1 is 1.43 bits per heavy atom. The molecule has 21 heavy (non-hydrogen) atoms. The summed E-state index contributed by atoms with van der Waals surface area (Å²) in [6.45, 7) is 1.50. The molecule has 0 radical (unpaired) electrons. The molecule has 0 atom stereocenters. The van der Waals surface area contributed by atoms with E-state index in [9.17, 15) is 10.1 Å². The van der Waals surface area contributed by atoms with E-state index in [0.717, 1.165) is 0 Å². The van der Waals surface area contributed by atoms with Crippen LogP contribution in [0.5, 0.6) is 0 Å². The van der Waals surface area contributed by atoms with E-state index in [2.05, 4.69) is 36.6 Å². The van der Waals surface area contributed by atoms with Gasteiger partial charge in [0.2, 0.25) is 11.8 Å². The molecule has 0 saturated heterocycles. The Balaban J connectivity index is 2.54. The highest BCUT2D eigenvalue weighted by Crippen LogP contribution is 2.35. The summed E-state index contributed by atoms with van der Waals surface area (Å²) in [5.74, 6) is 5.34. The molecule has 1 heterocycles. The summed E-state index contributed by atoms with van der Waals surface area (Å²) in [7, 11) is 0. The Kier molecular flexibility index (Phi) is 4.56. The van der Waals surface area contributed by atoms with E-state index in [4.69, 9.17) is 17.4 Å². The van der Waals surface area contributed by atoms with Gasteiger partial charge in [-0.05, 0) is 35.0 Å². The van der Waals surface area contributed by atoms with Crippen LogP contribution in [0, 0.1) is 17.0 Å². The number of hydrogen-bond acceptors (Lipinski definition) is 7. The number of anilines is 3. The van der Waals surface area contributed by atoms with E-state index in [1.54, 1.807) is 18.2 Å². The number of nitrogen functional groups attached to an aromatic ring is 1. The van der Waals surface area contributed by atoms with Crippen LogP contribution in [-0.2, 0) is 0 Å². The zero-order valence-electron chi connectivity index (χ0n) is 10.7. The van der Waals surface area contributed by atoms with Crippen LogP contribution in [0.2, 0.25) is 5.02 Å². The van der Waals surface area contributed by atoms with Crippen molar-refractivity contribution in [3.05, 3.63) is 43.5 Å². The number of nitrogens with one attached hydrogen (secondary N) is 2. The van der Waals surface area contributed by atoms with Crippen LogP contribution in [0.25, 0.3) is 0 Å². The first-order valence-electron chi connectivity index (χ1n) is 5.64. The summed E-state index contributed by atoms with van der Waals surface area (Å²) < 4.78 is 0.569. The largest absolute Gasteiger partial charge is 0.333 e. The van der Waals surface area contributed by atoms with Crippen molar-refractivity contribution in [1.82, 2.24) is 9.97 Å². The van der Waals surface area contributed by atoms with Gasteiger partial charge in [0.1, 0.15) is 5.69 Å². The fourth-order valence-corrected chi connectivity index (χ4v) is 2.20. The predicted molar refractivity (Wildman–Crippen MR) is 83.7 cm³/mol. The number of hydrazine groups is 1. The van der Waals surface area contributed by atoms with Gasteiger partial charge >= 0.3 is 5.69 Å². The van der Waals surface area contributed by atoms with Crippen molar-refractivity contribution in [3.63, 3.8) is 0 Å². The second kappa shape index (κ2) is 6.20. The average Bonchev–Trinajstić information content (AvgIpc) is 2.42. The number of aryl methyl sites for hydroxylation is 1. The Hall–Kier alpha value is -1.97. The first-order chi connectivity index (χ1) is 9.93. The third-order valence-electron chi connectivity index (χ3n) is 2.57. The summed E-state index contributed by atoms with van der Waals surface area (Å²) in [5, 5.41) is 14.5. The molecule has 110 valence electrons. The fourth-order valence-electron chi connectivity index (χ4n) is 1.67. The quantitative estimate of drug-likeness (QED) is 0.428. The van der Waals surface area contributed by atoms with Crippen molar-refractivity contribution in [3.8, 4) is 0 Å². The molecule has 2 rings (SSSR count). The summed E-state index contributed by atoms with van der Waals surface area (Å²) >= 11 is 9.29. The van der Waals surface area contributed by atoms with Crippen LogP contribution < -0.4 is 16.6 Å². The molecule has 0 bridgehead atoms. The van der Waals surface area contributed by atoms with Gasteiger partial charge in [-0.1, -0.05) is 17.7 Å². The van der Waals surface area contributed by atoms with E-state index in [1.807, 2.05) is 0 Å². The minimum absolute atomic E-state index is 0.0171. The molecule has 0 amide bonds. The van der Waals surface area contributed by atoms with Crippen LogP contribution in [0.4, 0.5) is 23.1 Å². The van der Waals surface area contributed by atoms with Crippen molar-refractivity contribution >= 4 is 50.7 Å². The molecule has 1 aromatic heterocycles. The van der Waals surface area contributed by atoms with Gasteiger partial charge in [-0.25, -0.2) is 10.8 Å². The molecule has 0 aliphatic rings. The minimum Gasteiger partial charge on any atom is -0.333 e. The Labute approximate surface area is 133 Å². The van der Waals surface area contributed by atoms with Crippen molar-refractivity contribution in [1.29, 1.82) is 0 Å². The maximum Gasteiger partial charge on any atom is 0.332 e. The molecule has 0 unspecified atom stereocenters. The van der Waals surface area contributed by atoms with Gasteiger partial charge in [0, 0.05) is 0 Å². The van der Waals surface area contributed by atoms with E-state index < -0.39 is 4.92 Å². The number of rotatable bonds is 4. The predicted octanol–water partition coefficient (Wildman–Crippen LogP) is 3.14. The lowest BCUT2D eigenvalue weighted by Gasteiger charge is -2.11. The standard InChI is InChI=1S/C11H10BrClN6O2/c1-5-9(19(20)21)10(17-11(15-5)18-14)16-7-4-2-3-6(13)8(7)12/h2-4H,14H2,1H3,(H2,15,16,17,18). The van der Waals surface area contributed by atoms with Crippen LogP contribution in [0.3, 0.4) is 0 Å². The van der Waals surface area contributed by atoms with Crippen LogP contribution in [0.15, 0.2) is 22.7 Å². The molecule has 0 aliphatic carbocycles. The number of halogens is 2. The van der Waals surface area contributed by atoms with Crippen molar-refractivity contribution in [2.75, 3.05) is 10.7 Å². The molecule has 1 aromatic carbocycles. The van der Waals surface area contributed by atoms with Crippen LogP contribution >= 0.6 is 27.5 Å². The Morgan fingerprint density at radius 2 is 2.14 bits per heavy atom. The highest BCUT2D eigenvalue weighted by molar-refractivity contribution is 9.10.